The van der Waals surface area contributed by atoms with E-state index in [1.54, 1.807) is 13.0 Å². The lowest BCUT2D eigenvalue weighted by atomic mass is 9.87. The topological polar surface area (TPSA) is 120 Å². The summed E-state index contributed by atoms with van der Waals surface area (Å²) in [6.07, 6.45) is 8.50. The second-order valence-corrected chi connectivity index (χ2v) is 11.3. The van der Waals surface area contributed by atoms with Crippen molar-refractivity contribution >= 4 is 5.97 Å². The first-order valence-electron chi connectivity index (χ1n) is 13.4. The summed E-state index contributed by atoms with van der Waals surface area (Å²) in [5.41, 5.74) is -0.570. The van der Waals surface area contributed by atoms with Crippen molar-refractivity contribution in [3.8, 4) is 0 Å². The van der Waals surface area contributed by atoms with Gasteiger partial charge in [-0.3, -0.25) is 4.79 Å². The van der Waals surface area contributed by atoms with E-state index in [-0.39, 0.29) is 48.9 Å². The monoisotopic (exact) mass is 508 g/mol. The normalized spacial score (nSPS) is 40.0. The lowest BCUT2D eigenvalue weighted by Crippen LogP contribution is -2.41. The van der Waals surface area contributed by atoms with Crippen LogP contribution in [0.3, 0.4) is 0 Å². The quantitative estimate of drug-likeness (QED) is 0.171. The van der Waals surface area contributed by atoms with Gasteiger partial charge in [0.05, 0.1) is 35.9 Å². The molecule has 2 heterocycles. The minimum atomic E-state index is -1.41. The van der Waals surface area contributed by atoms with Crippen LogP contribution in [0.4, 0.5) is 0 Å². The third-order valence-electron chi connectivity index (χ3n) is 7.87. The molecule has 11 atom stereocenters. The van der Waals surface area contributed by atoms with Gasteiger partial charge in [-0.15, -0.1) is 0 Å². The SMILES string of the molecule is CCC(O)C(C)C1OC1CC(C)/C=C/C=C(\C)C1OC(=O)C(C)C(O)CCC(C)(O)C(O)/C=C/C1C. The number of aliphatic hydroxyl groups excluding tert-OH is 3. The minimum absolute atomic E-state index is 0.116. The molecule has 0 aromatic heterocycles. The van der Waals surface area contributed by atoms with Gasteiger partial charge in [-0.05, 0) is 57.9 Å². The highest BCUT2D eigenvalue weighted by molar-refractivity contribution is 5.73. The molecular formula is C29H48O7. The van der Waals surface area contributed by atoms with Gasteiger partial charge in [-0.1, -0.05) is 58.1 Å². The van der Waals surface area contributed by atoms with Crippen LogP contribution in [0.5, 0.6) is 0 Å². The minimum Gasteiger partial charge on any atom is -0.457 e. The number of cyclic esters (lactones) is 1. The van der Waals surface area contributed by atoms with Crippen molar-refractivity contribution in [1.82, 2.24) is 0 Å². The fourth-order valence-corrected chi connectivity index (χ4v) is 4.77. The first kappa shape index (κ1) is 30.7. The number of hydrogen-bond acceptors (Lipinski definition) is 7. The number of rotatable bonds is 8. The van der Waals surface area contributed by atoms with E-state index in [0.29, 0.717) is 0 Å². The van der Waals surface area contributed by atoms with Crippen LogP contribution in [0.25, 0.3) is 0 Å². The Morgan fingerprint density at radius 1 is 1.25 bits per heavy atom. The average Bonchev–Trinajstić information content (AvgIpc) is 3.60. The molecule has 2 aliphatic rings. The van der Waals surface area contributed by atoms with Gasteiger partial charge in [0.15, 0.2) is 0 Å². The third-order valence-corrected chi connectivity index (χ3v) is 7.87. The van der Waals surface area contributed by atoms with Crippen molar-refractivity contribution in [2.45, 2.75) is 116 Å². The molecule has 0 amide bonds. The highest BCUT2D eigenvalue weighted by Crippen LogP contribution is 2.36. The summed E-state index contributed by atoms with van der Waals surface area (Å²) in [6.45, 7) is 13.1. The zero-order valence-electron chi connectivity index (χ0n) is 23.0. The number of epoxide rings is 1. The molecule has 0 saturated carbocycles. The fraction of sp³-hybridized carbons (Fsp3) is 0.759. The van der Waals surface area contributed by atoms with Crippen molar-refractivity contribution in [2.75, 3.05) is 0 Å². The smallest absolute Gasteiger partial charge is 0.311 e. The first-order valence-corrected chi connectivity index (χ1v) is 13.4. The zero-order valence-corrected chi connectivity index (χ0v) is 23.0. The molecule has 0 spiro atoms. The van der Waals surface area contributed by atoms with Crippen molar-refractivity contribution in [2.24, 2.45) is 23.7 Å². The van der Waals surface area contributed by atoms with Crippen LogP contribution in [-0.4, -0.2) is 68.6 Å². The summed E-state index contributed by atoms with van der Waals surface area (Å²) in [6, 6.07) is 0. The number of allylic oxidation sites excluding steroid dienone is 3. The number of carbonyl (C=O) groups excluding carboxylic acids is 1. The predicted octanol–water partition coefficient (Wildman–Crippen LogP) is 3.70. The lowest BCUT2D eigenvalue weighted by molar-refractivity contribution is -0.157. The van der Waals surface area contributed by atoms with Crippen molar-refractivity contribution in [3.63, 3.8) is 0 Å². The van der Waals surface area contributed by atoms with Crippen molar-refractivity contribution < 1.29 is 34.7 Å². The van der Waals surface area contributed by atoms with Crippen LogP contribution in [0.2, 0.25) is 0 Å². The van der Waals surface area contributed by atoms with Gasteiger partial charge in [0.1, 0.15) is 12.2 Å². The predicted molar refractivity (Wildman–Crippen MR) is 140 cm³/mol. The molecule has 36 heavy (non-hydrogen) atoms. The van der Waals surface area contributed by atoms with E-state index in [1.165, 1.54) is 13.0 Å². The lowest BCUT2D eigenvalue weighted by Gasteiger charge is -2.31. The largest absolute Gasteiger partial charge is 0.457 e. The maximum atomic E-state index is 12.8. The molecule has 206 valence electrons. The molecule has 4 N–H and O–H groups in total. The number of hydrogen-bond donors (Lipinski definition) is 4. The summed E-state index contributed by atoms with van der Waals surface area (Å²) in [4.78, 5) is 12.8. The summed E-state index contributed by atoms with van der Waals surface area (Å²) < 4.78 is 11.6. The van der Waals surface area contributed by atoms with E-state index in [1.807, 2.05) is 39.8 Å². The van der Waals surface area contributed by atoms with E-state index in [9.17, 15) is 25.2 Å². The Labute approximate surface area is 216 Å². The molecule has 7 heteroatoms. The molecule has 0 aromatic carbocycles. The summed E-state index contributed by atoms with van der Waals surface area (Å²) in [7, 11) is 0. The van der Waals surface area contributed by atoms with E-state index in [4.69, 9.17) is 9.47 Å². The van der Waals surface area contributed by atoms with Gasteiger partial charge in [0, 0.05) is 11.8 Å². The first-order chi connectivity index (χ1) is 16.8. The molecule has 0 bridgehead atoms. The van der Waals surface area contributed by atoms with Gasteiger partial charge < -0.3 is 29.9 Å². The second-order valence-electron chi connectivity index (χ2n) is 11.3. The van der Waals surface area contributed by atoms with E-state index in [0.717, 1.165) is 18.4 Å². The van der Waals surface area contributed by atoms with Crippen molar-refractivity contribution in [1.29, 1.82) is 0 Å². The Hall–Kier alpha value is -1.51. The molecular weight excluding hydrogens is 460 g/mol. The Morgan fingerprint density at radius 3 is 2.56 bits per heavy atom. The Morgan fingerprint density at radius 2 is 1.92 bits per heavy atom. The van der Waals surface area contributed by atoms with Crippen molar-refractivity contribution in [3.05, 3.63) is 36.0 Å². The van der Waals surface area contributed by atoms with E-state index >= 15 is 0 Å². The third kappa shape index (κ3) is 8.52. The van der Waals surface area contributed by atoms with E-state index in [2.05, 4.69) is 13.0 Å². The molecule has 0 aromatic rings. The van der Waals surface area contributed by atoms with Crippen LogP contribution in [0.15, 0.2) is 36.0 Å². The van der Waals surface area contributed by atoms with Gasteiger partial charge in [-0.2, -0.15) is 0 Å². The molecule has 1 saturated heterocycles. The average molecular weight is 509 g/mol. The molecule has 2 rings (SSSR count). The van der Waals surface area contributed by atoms with E-state index < -0.39 is 35.8 Å². The van der Waals surface area contributed by atoms with Gasteiger partial charge in [0.2, 0.25) is 0 Å². The van der Waals surface area contributed by atoms with Crippen LogP contribution < -0.4 is 0 Å². The number of esters is 1. The van der Waals surface area contributed by atoms with Gasteiger partial charge in [0.25, 0.3) is 0 Å². The van der Waals surface area contributed by atoms with Gasteiger partial charge in [-0.25, -0.2) is 0 Å². The van der Waals surface area contributed by atoms with Crippen LogP contribution in [-0.2, 0) is 14.3 Å². The maximum absolute atomic E-state index is 12.8. The summed E-state index contributed by atoms with van der Waals surface area (Å²) in [5, 5.41) is 41.6. The number of ether oxygens (including phenoxy) is 2. The van der Waals surface area contributed by atoms with Crippen LogP contribution in [0, 0.1) is 23.7 Å². The van der Waals surface area contributed by atoms with Crippen LogP contribution in [0.1, 0.15) is 74.1 Å². The molecule has 0 aliphatic carbocycles. The maximum Gasteiger partial charge on any atom is 0.311 e. The molecule has 7 nitrogen and oxygen atoms in total. The van der Waals surface area contributed by atoms with Gasteiger partial charge >= 0.3 is 5.97 Å². The highest BCUT2D eigenvalue weighted by atomic mass is 16.6. The second kappa shape index (κ2) is 13.3. The Bertz CT molecular complexity index is 801. The fourth-order valence-electron chi connectivity index (χ4n) is 4.77. The summed E-state index contributed by atoms with van der Waals surface area (Å²) >= 11 is 0. The molecule has 11 unspecified atom stereocenters. The zero-order chi connectivity index (χ0) is 27.2. The Kier molecular flexibility index (Phi) is 11.4. The Balaban J connectivity index is 2.09. The standard InChI is InChI=1S/C29H48O7/c1-8-22(30)20(5)27-24(35-27)16-17(2)10-9-11-18(3)26-19(4)12-13-25(32)29(7,34)15-14-23(31)21(6)28(33)36-26/h9-13,17,19-27,30-32,34H,8,14-16H2,1-7H3/b10-9+,13-12+,18-11+. The summed E-state index contributed by atoms with van der Waals surface area (Å²) in [5.74, 6) is -1.08. The number of carbonyl (C=O) groups is 1. The molecule has 0 radical (unpaired) electrons. The van der Waals surface area contributed by atoms with Crippen LogP contribution >= 0.6 is 0 Å². The molecule has 1 fully saturated rings. The number of aliphatic hydroxyl groups is 4. The molecule has 2 aliphatic heterocycles. The highest BCUT2D eigenvalue weighted by Gasteiger charge is 2.45.